The Labute approximate surface area is 171 Å². The molecule has 1 aliphatic rings. The van der Waals surface area contributed by atoms with Crippen LogP contribution in [0.5, 0.6) is 5.75 Å². The molecule has 3 rings (SSSR count). The number of hydrogen-bond acceptors (Lipinski definition) is 6. The average molecular weight is 419 g/mol. The number of para-hydroxylation sites is 1. The van der Waals surface area contributed by atoms with Gasteiger partial charge < -0.3 is 15.4 Å². The molecule has 0 bridgehead atoms. The summed E-state index contributed by atoms with van der Waals surface area (Å²) >= 11 is 7.29. The Kier molecular flexibility index (Phi) is 6.43. The average Bonchev–Trinajstić information content (AvgIpc) is 3.03. The number of ether oxygens (including phenoxy) is 1. The van der Waals surface area contributed by atoms with Gasteiger partial charge in [0.1, 0.15) is 11.0 Å². The molecule has 0 saturated carbocycles. The molecule has 3 N–H and O–H groups in total. The lowest BCUT2D eigenvalue weighted by Gasteiger charge is -2.13. The summed E-state index contributed by atoms with van der Waals surface area (Å²) in [6, 6.07) is 12.7. The zero-order valence-corrected chi connectivity index (χ0v) is 16.9. The quantitative estimate of drug-likeness (QED) is 0.623. The number of carbonyl (C=O) groups is 2. The van der Waals surface area contributed by atoms with Crippen molar-refractivity contribution in [2.75, 3.05) is 17.9 Å². The van der Waals surface area contributed by atoms with Gasteiger partial charge in [0, 0.05) is 17.5 Å². The van der Waals surface area contributed by atoms with Crippen LogP contribution >= 0.6 is 23.4 Å². The van der Waals surface area contributed by atoms with Crippen LogP contribution in [0.15, 0.2) is 47.6 Å². The Bertz CT molecular complexity index is 921. The van der Waals surface area contributed by atoms with Crippen molar-refractivity contribution in [2.24, 2.45) is 5.10 Å². The molecule has 2 aromatic rings. The first-order valence-electron chi connectivity index (χ1n) is 8.46. The zero-order chi connectivity index (χ0) is 20.1. The van der Waals surface area contributed by atoms with Gasteiger partial charge in [-0.1, -0.05) is 41.6 Å². The second-order valence-electron chi connectivity index (χ2n) is 6.04. The van der Waals surface area contributed by atoms with E-state index < -0.39 is 5.25 Å². The van der Waals surface area contributed by atoms with E-state index in [4.69, 9.17) is 16.3 Å². The van der Waals surface area contributed by atoms with Crippen LogP contribution in [0.2, 0.25) is 5.02 Å². The van der Waals surface area contributed by atoms with E-state index in [0.717, 1.165) is 11.3 Å². The summed E-state index contributed by atoms with van der Waals surface area (Å²) in [5.41, 5.74) is 5.00. The van der Waals surface area contributed by atoms with E-state index >= 15 is 0 Å². The first kappa shape index (κ1) is 20.0. The standard InChI is InChI=1S/C19H19ClN4O3S/c1-11-8-14(15(27-2)9-13(11)20)21-17(25)10-16-18(26)22-19(28-16)24-23-12-6-4-3-5-7-12/h3-9,16,23H,10H2,1-2H3,(H,21,25)(H,22,24,26). The van der Waals surface area contributed by atoms with Crippen molar-refractivity contribution in [1.29, 1.82) is 0 Å². The van der Waals surface area contributed by atoms with Gasteiger partial charge in [-0.2, -0.15) is 0 Å². The molecule has 2 amide bonds. The van der Waals surface area contributed by atoms with Gasteiger partial charge in [0.15, 0.2) is 5.17 Å². The Morgan fingerprint density at radius 2 is 2.07 bits per heavy atom. The number of nitrogens with zero attached hydrogens (tertiary/aromatic N) is 1. The van der Waals surface area contributed by atoms with E-state index in [2.05, 4.69) is 21.2 Å². The third-order valence-electron chi connectivity index (χ3n) is 3.96. The van der Waals surface area contributed by atoms with Crippen molar-refractivity contribution in [3.8, 4) is 5.75 Å². The highest BCUT2D eigenvalue weighted by molar-refractivity contribution is 8.15. The molecule has 9 heteroatoms. The van der Waals surface area contributed by atoms with Gasteiger partial charge in [-0.15, -0.1) is 5.10 Å². The van der Waals surface area contributed by atoms with Crippen LogP contribution in [0.1, 0.15) is 12.0 Å². The molecule has 2 aromatic carbocycles. The van der Waals surface area contributed by atoms with Gasteiger partial charge in [0.05, 0.1) is 18.5 Å². The van der Waals surface area contributed by atoms with Crippen LogP contribution < -0.4 is 20.8 Å². The number of nitrogens with one attached hydrogen (secondary N) is 3. The third kappa shape index (κ3) is 4.96. The highest BCUT2D eigenvalue weighted by Crippen LogP contribution is 2.31. The van der Waals surface area contributed by atoms with Gasteiger partial charge in [-0.25, -0.2) is 0 Å². The number of amidine groups is 1. The maximum atomic E-state index is 12.4. The Balaban J connectivity index is 1.60. The van der Waals surface area contributed by atoms with Gasteiger partial charge in [0.2, 0.25) is 11.8 Å². The van der Waals surface area contributed by atoms with Gasteiger partial charge in [-0.05, 0) is 30.7 Å². The fourth-order valence-corrected chi connectivity index (χ4v) is 3.60. The van der Waals surface area contributed by atoms with Crippen LogP contribution in [0, 0.1) is 6.92 Å². The highest BCUT2D eigenvalue weighted by Gasteiger charge is 2.32. The fourth-order valence-electron chi connectivity index (χ4n) is 2.52. The predicted octanol–water partition coefficient (Wildman–Crippen LogP) is 3.60. The first-order chi connectivity index (χ1) is 13.5. The summed E-state index contributed by atoms with van der Waals surface area (Å²) in [5.74, 6) is -0.0975. The van der Waals surface area contributed by atoms with E-state index in [1.807, 2.05) is 37.3 Å². The molecular weight excluding hydrogens is 400 g/mol. The van der Waals surface area contributed by atoms with Crippen LogP contribution in [0.25, 0.3) is 0 Å². The van der Waals surface area contributed by atoms with Crippen molar-refractivity contribution in [2.45, 2.75) is 18.6 Å². The molecule has 1 saturated heterocycles. The number of methoxy groups -OCH3 is 1. The fraction of sp³-hybridized carbons (Fsp3) is 0.211. The maximum Gasteiger partial charge on any atom is 0.240 e. The first-order valence-corrected chi connectivity index (χ1v) is 9.72. The molecular formula is C19H19ClN4O3S. The molecule has 0 aromatic heterocycles. The second-order valence-corrected chi connectivity index (χ2v) is 7.64. The van der Waals surface area contributed by atoms with Gasteiger partial charge in [0.25, 0.3) is 0 Å². The van der Waals surface area contributed by atoms with Crippen LogP contribution in [-0.2, 0) is 9.59 Å². The number of amides is 2. The van der Waals surface area contributed by atoms with E-state index in [-0.39, 0.29) is 18.2 Å². The number of anilines is 2. The number of benzene rings is 2. The van der Waals surface area contributed by atoms with Crippen molar-refractivity contribution in [3.63, 3.8) is 0 Å². The highest BCUT2D eigenvalue weighted by atomic mass is 35.5. The predicted molar refractivity (Wildman–Crippen MR) is 113 cm³/mol. The third-order valence-corrected chi connectivity index (χ3v) is 5.45. The number of thioether (sulfide) groups is 1. The summed E-state index contributed by atoms with van der Waals surface area (Å²) in [6.07, 6.45) is 0.00564. The molecule has 146 valence electrons. The molecule has 7 nitrogen and oxygen atoms in total. The monoisotopic (exact) mass is 418 g/mol. The van der Waals surface area contributed by atoms with Crippen molar-refractivity contribution >= 4 is 51.7 Å². The second kappa shape index (κ2) is 8.99. The van der Waals surface area contributed by atoms with E-state index in [1.54, 1.807) is 12.1 Å². The molecule has 1 atom stereocenters. The minimum Gasteiger partial charge on any atom is -0.495 e. The lowest BCUT2D eigenvalue weighted by atomic mass is 10.2. The maximum absolute atomic E-state index is 12.4. The summed E-state index contributed by atoms with van der Waals surface area (Å²) < 4.78 is 5.25. The molecule has 28 heavy (non-hydrogen) atoms. The summed E-state index contributed by atoms with van der Waals surface area (Å²) in [7, 11) is 1.50. The number of hydrogen-bond donors (Lipinski definition) is 3. The molecule has 0 aliphatic carbocycles. The smallest absolute Gasteiger partial charge is 0.240 e. The summed E-state index contributed by atoms with van der Waals surface area (Å²) in [4.78, 5) is 24.6. The number of rotatable bonds is 6. The van der Waals surface area contributed by atoms with Crippen LogP contribution in [0.4, 0.5) is 11.4 Å². The van der Waals surface area contributed by atoms with Crippen LogP contribution in [-0.4, -0.2) is 29.3 Å². The van der Waals surface area contributed by atoms with Gasteiger partial charge in [-0.3, -0.25) is 15.0 Å². The minimum atomic E-state index is -0.560. The summed E-state index contributed by atoms with van der Waals surface area (Å²) in [6.45, 7) is 1.83. The number of hydrazone groups is 1. The number of halogens is 1. The molecule has 1 fully saturated rings. The molecule has 1 aliphatic heterocycles. The zero-order valence-electron chi connectivity index (χ0n) is 15.3. The number of carbonyl (C=O) groups excluding carboxylic acids is 2. The lowest BCUT2D eigenvalue weighted by Crippen LogP contribution is -2.28. The topological polar surface area (TPSA) is 91.8 Å². The van der Waals surface area contributed by atoms with E-state index in [9.17, 15) is 9.59 Å². The SMILES string of the molecule is COc1cc(Cl)c(C)cc1NC(=O)CC1S/C(=N\Nc2ccccc2)NC1=O. The summed E-state index contributed by atoms with van der Waals surface area (Å²) in [5, 5.41) is 10.0. The van der Waals surface area contributed by atoms with Crippen molar-refractivity contribution < 1.29 is 14.3 Å². The molecule has 1 heterocycles. The normalized spacial score (nSPS) is 17.3. The molecule has 0 spiro atoms. The van der Waals surface area contributed by atoms with Crippen molar-refractivity contribution in [3.05, 3.63) is 53.1 Å². The Hall–Kier alpha value is -2.71. The largest absolute Gasteiger partial charge is 0.495 e. The van der Waals surface area contributed by atoms with E-state index in [1.165, 1.54) is 18.9 Å². The van der Waals surface area contributed by atoms with Crippen molar-refractivity contribution in [1.82, 2.24) is 5.32 Å². The molecule has 0 radical (unpaired) electrons. The van der Waals surface area contributed by atoms with Crippen LogP contribution in [0.3, 0.4) is 0 Å². The number of aryl methyl sites for hydroxylation is 1. The minimum absolute atomic E-state index is 0.00564. The Morgan fingerprint density at radius 3 is 2.79 bits per heavy atom. The van der Waals surface area contributed by atoms with Gasteiger partial charge >= 0.3 is 0 Å². The Morgan fingerprint density at radius 1 is 1.32 bits per heavy atom. The lowest BCUT2D eigenvalue weighted by molar-refractivity contribution is -0.122. The van der Waals surface area contributed by atoms with E-state index in [0.29, 0.717) is 21.6 Å². The molecule has 1 unspecified atom stereocenters.